The standard InChI is InChI=1S/C22H29N3O4S2.C4F6O2/c23-17(15-5-2-1-3-6-15)14-29-10-4-11-30-12-9-24-13-19(27)16-7-8-18(26)20-21(16)31-22(28)25-20;5-3(6,7)1(11)2(12)4(8,9)10/h1-3,5-8,17,19,24,26-27H,4,9-14,23H2,(H,25,28);/t17-,19+;/m1./s1. The Kier molecular flexibility index (Phi) is 14.1. The number of hydrogen-bond donors (Lipinski definition) is 5. The van der Waals surface area contributed by atoms with Gasteiger partial charge >= 0.3 is 28.8 Å². The van der Waals surface area contributed by atoms with Crippen LogP contribution < -0.4 is 15.9 Å². The fourth-order valence-electron chi connectivity index (χ4n) is 3.42. The van der Waals surface area contributed by atoms with Gasteiger partial charge in [0.15, 0.2) is 0 Å². The number of halogens is 6. The molecule has 9 nitrogen and oxygen atoms in total. The van der Waals surface area contributed by atoms with Crippen molar-refractivity contribution >= 4 is 44.9 Å². The normalized spacial score (nSPS) is 13.3. The molecule has 2 aromatic carbocycles. The second-order valence-corrected chi connectivity index (χ2v) is 11.0. The number of fused-ring (bicyclic) bond motifs is 1. The molecule has 0 amide bonds. The summed E-state index contributed by atoms with van der Waals surface area (Å²) in [5.41, 5.74) is 8.22. The second kappa shape index (κ2) is 16.8. The first-order valence-corrected chi connectivity index (χ1v) is 14.5. The number of hydrogen-bond acceptors (Lipinski definition) is 10. The molecule has 3 rings (SSSR count). The van der Waals surface area contributed by atoms with E-state index in [0.717, 1.165) is 41.4 Å². The lowest BCUT2D eigenvalue weighted by atomic mass is 10.1. The number of alkyl halides is 6. The molecule has 238 valence electrons. The molecule has 0 unspecified atom stereocenters. The number of carbonyl (C=O) groups excluding carboxylic acids is 2. The summed E-state index contributed by atoms with van der Waals surface area (Å²) in [6, 6.07) is 13.0. The van der Waals surface area contributed by atoms with Crippen LogP contribution in [-0.4, -0.2) is 76.9 Å². The smallest absolute Gasteiger partial charge is 0.458 e. The lowest BCUT2D eigenvalue weighted by Gasteiger charge is -2.13. The molecule has 3 aromatic rings. The molecule has 0 bridgehead atoms. The lowest BCUT2D eigenvalue weighted by molar-refractivity contribution is -0.193. The highest BCUT2D eigenvalue weighted by Crippen LogP contribution is 2.31. The van der Waals surface area contributed by atoms with Crippen molar-refractivity contribution in [2.75, 3.05) is 37.8 Å². The van der Waals surface area contributed by atoms with Gasteiger partial charge in [-0.05, 0) is 23.8 Å². The maximum atomic E-state index is 11.6. The Balaban J connectivity index is 0.000000455. The molecule has 1 aromatic heterocycles. The number of ketones is 2. The molecule has 0 spiro atoms. The van der Waals surface area contributed by atoms with Crippen LogP contribution in [0.2, 0.25) is 0 Å². The number of aromatic nitrogens is 1. The summed E-state index contributed by atoms with van der Waals surface area (Å²) in [5.74, 6) is -4.87. The topological polar surface area (TPSA) is 155 Å². The largest absolute Gasteiger partial charge is 0.506 e. The number of ether oxygens (including phenoxy) is 1. The Morgan fingerprint density at radius 3 is 2.26 bits per heavy atom. The van der Waals surface area contributed by atoms with Crippen LogP contribution >= 0.6 is 23.1 Å². The molecule has 0 saturated carbocycles. The van der Waals surface area contributed by atoms with Crippen LogP contribution in [0.5, 0.6) is 5.75 Å². The first-order chi connectivity index (χ1) is 20.1. The fraction of sp³-hybridized carbons (Fsp3) is 0.423. The van der Waals surface area contributed by atoms with Crippen molar-refractivity contribution in [3.05, 3.63) is 63.3 Å². The minimum Gasteiger partial charge on any atom is -0.506 e. The number of phenolic OH excluding ortho intramolecular Hbond substituents is 1. The Morgan fingerprint density at radius 1 is 1.02 bits per heavy atom. The van der Waals surface area contributed by atoms with Crippen LogP contribution in [0.4, 0.5) is 26.3 Å². The number of nitrogens with two attached hydrogens (primary N) is 1. The fourth-order valence-corrected chi connectivity index (χ4v) is 5.16. The van der Waals surface area contributed by atoms with E-state index in [0.29, 0.717) is 35.5 Å². The summed E-state index contributed by atoms with van der Waals surface area (Å²) in [6.07, 6.45) is -11.3. The highest BCUT2D eigenvalue weighted by Gasteiger charge is 2.54. The molecule has 2 atom stereocenters. The zero-order chi connectivity index (χ0) is 32.2. The van der Waals surface area contributed by atoms with E-state index in [4.69, 9.17) is 10.5 Å². The van der Waals surface area contributed by atoms with E-state index in [1.807, 2.05) is 42.1 Å². The van der Waals surface area contributed by atoms with Gasteiger partial charge in [0, 0.05) is 31.0 Å². The first-order valence-electron chi connectivity index (χ1n) is 12.5. The molecule has 6 N–H and O–H groups in total. The summed E-state index contributed by atoms with van der Waals surface area (Å²) in [6.45, 7) is 2.36. The van der Waals surface area contributed by atoms with Gasteiger partial charge in [0.1, 0.15) is 11.3 Å². The van der Waals surface area contributed by atoms with Crippen LogP contribution in [-0.2, 0) is 14.3 Å². The van der Waals surface area contributed by atoms with E-state index in [9.17, 15) is 50.9 Å². The second-order valence-electron chi connectivity index (χ2n) is 8.82. The van der Waals surface area contributed by atoms with Gasteiger partial charge in [0.05, 0.1) is 23.5 Å². The highest BCUT2D eigenvalue weighted by atomic mass is 32.2. The van der Waals surface area contributed by atoms with E-state index in [1.165, 1.54) is 6.07 Å². The van der Waals surface area contributed by atoms with Crippen LogP contribution in [0, 0.1) is 0 Å². The van der Waals surface area contributed by atoms with Gasteiger partial charge in [-0.15, -0.1) is 0 Å². The summed E-state index contributed by atoms with van der Waals surface area (Å²) in [4.78, 5) is 33.2. The van der Waals surface area contributed by atoms with Crippen molar-refractivity contribution in [1.29, 1.82) is 0 Å². The summed E-state index contributed by atoms with van der Waals surface area (Å²) in [5, 5.41) is 23.5. The number of thiazole rings is 1. The predicted octanol–water partition coefficient (Wildman–Crippen LogP) is 4.01. The number of thioether (sulfide) groups is 1. The molecule has 0 aliphatic heterocycles. The highest BCUT2D eigenvalue weighted by molar-refractivity contribution is 7.99. The zero-order valence-corrected chi connectivity index (χ0v) is 24.0. The first kappa shape index (κ1) is 36.2. The van der Waals surface area contributed by atoms with Gasteiger partial charge in [-0.3, -0.25) is 14.4 Å². The number of benzene rings is 2. The number of Topliss-reactive ketones (excluding diaryl/α,β-unsaturated/α-hetero) is 2. The molecule has 0 aliphatic carbocycles. The predicted molar refractivity (Wildman–Crippen MR) is 150 cm³/mol. The number of phenols is 1. The van der Waals surface area contributed by atoms with E-state index in [-0.39, 0.29) is 16.7 Å². The van der Waals surface area contributed by atoms with Gasteiger partial charge in [0.25, 0.3) is 0 Å². The summed E-state index contributed by atoms with van der Waals surface area (Å²) < 4.78 is 73.2. The van der Waals surface area contributed by atoms with Gasteiger partial charge in [-0.2, -0.15) is 38.1 Å². The van der Waals surface area contributed by atoms with Crippen molar-refractivity contribution in [3.8, 4) is 5.75 Å². The average Bonchev–Trinajstić information content (AvgIpc) is 3.35. The zero-order valence-electron chi connectivity index (χ0n) is 22.3. The number of H-pyrrole nitrogens is 1. The number of carbonyl (C=O) groups is 2. The van der Waals surface area contributed by atoms with Gasteiger partial charge in [-0.25, -0.2) is 0 Å². The summed E-state index contributed by atoms with van der Waals surface area (Å²) in [7, 11) is 0. The van der Waals surface area contributed by atoms with Crippen LogP contribution in [0.25, 0.3) is 10.2 Å². The molecular weight excluding hydrogens is 628 g/mol. The van der Waals surface area contributed by atoms with Gasteiger partial charge in [-0.1, -0.05) is 47.7 Å². The van der Waals surface area contributed by atoms with E-state index >= 15 is 0 Å². The molecule has 0 aliphatic rings. The third kappa shape index (κ3) is 11.9. The van der Waals surface area contributed by atoms with Crippen molar-refractivity contribution in [2.45, 2.75) is 30.9 Å². The van der Waals surface area contributed by atoms with E-state index < -0.39 is 30.0 Å². The number of aromatic hydroxyl groups is 1. The quantitative estimate of drug-likeness (QED) is 0.0983. The maximum absolute atomic E-state index is 11.6. The SMILES string of the molecule is N[C@H](COCCCSCCNC[C@H](O)c1ccc(O)c2[nH]c(=O)sc12)c1ccccc1.O=C(C(=O)C(F)(F)F)C(F)(F)F. The summed E-state index contributed by atoms with van der Waals surface area (Å²) >= 11 is 2.83. The van der Waals surface area contributed by atoms with E-state index in [1.54, 1.807) is 6.07 Å². The molecule has 17 heteroatoms. The van der Waals surface area contributed by atoms with Crippen LogP contribution in [0.3, 0.4) is 0 Å². The minimum absolute atomic E-state index is 0.0136. The third-order valence-electron chi connectivity index (χ3n) is 5.53. The van der Waals surface area contributed by atoms with Gasteiger partial charge < -0.3 is 31.0 Å². The van der Waals surface area contributed by atoms with Crippen molar-refractivity contribution in [3.63, 3.8) is 0 Å². The number of aromatic amines is 1. The lowest BCUT2D eigenvalue weighted by Crippen LogP contribution is -2.39. The van der Waals surface area contributed by atoms with Crippen molar-refractivity contribution in [2.24, 2.45) is 5.73 Å². The van der Waals surface area contributed by atoms with Gasteiger partial charge in [0.2, 0.25) is 0 Å². The molecule has 43 heavy (non-hydrogen) atoms. The van der Waals surface area contributed by atoms with Crippen LogP contribution in [0.1, 0.15) is 29.7 Å². The Morgan fingerprint density at radius 2 is 1.65 bits per heavy atom. The molecule has 0 radical (unpaired) electrons. The van der Waals surface area contributed by atoms with Crippen molar-refractivity contribution < 1.29 is 50.9 Å². The molecular formula is C26H29F6N3O6S2. The van der Waals surface area contributed by atoms with E-state index in [2.05, 4.69) is 10.3 Å². The number of rotatable bonds is 14. The average molecular weight is 658 g/mol. The van der Waals surface area contributed by atoms with Crippen molar-refractivity contribution in [1.82, 2.24) is 10.3 Å². The Hall–Kier alpha value is -2.96. The molecule has 0 saturated heterocycles. The Labute approximate surface area is 249 Å². The number of nitrogens with one attached hydrogen (secondary N) is 2. The molecule has 0 fully saturated rings. The number of aliphatic hydroxyl groups excluding tert-OH is 1. The maximum Gasteiger partial charge on any atom is 0.458 e. The molecule has 1 heterocycles. The van der Waals surface area contributed by atoms with Crippen LogP contribution in [0.15, 0.2) is 47.3 Å². The Bertz CT molecular complexity index is 1360. The monoisotopic (exact) mass is 657 g/mol. The minimum atomic E-state index is -5.77. The number of aliphatic hydroxyl groups is 1. The third-order valence-corrected chi connectivity index (χ3v) is 7.53.